The summed E-state index contributed by atoms with van der Waals surface area (Å²) in [5.41, 5.74) is 1.56. The zero-order chi connectivity index (χ0) is 17.0. The van der Waals surface area contributed by atoms with Crippen LogP contribution in [0.5, 0.6) is 0 Å². The molecule has 0 bridgehead atoms. The molecule has 0 aliphatic heterocycles. The van der Waals surface area contributed by atoms with Crippen LogP contribution in [0.25, 0.3) is 0 Å². The molecule has 0 heterocycles. The fourth-order valence-corrected chi connectivity index (χ4v) is 3.72. The Hall–Kier alpha value is -1.45. The van der Waals surface area contributed by atoms with Gasteiger partial charge < -0.3 is 8.85 Å². The molecule has 0 saturated carbocycles. The average Bonchev–Trinajstić information content (AvgIpc) is 2.40. The van der Waals surface area contributed by atoms with E-state index in [1.165, 1.54) is 0 Å². The molecule has 118 valence electrons. The van der Waals surface area contributed by atoms with Gasteiger partial charge in [-0.2, -0.15) is 10.5 Å². The van der Waals surface area contributed by atoms with Crippen molar-refractivity contribution in [2.75, 3.05) is 0 Å². The zero-order valence-electron chi connectivity index (χ0n) is 14.2. The maximum atomic E-state index is 9.37. The lowest BCUT2D eigenvalue weighted by Crippen LogP contribution is -2.28. The van der Waals surface area contributed by atoms with Crippen molar-refractivity contribution in [1.29, 1.82) is 10.5 Å². The molecule has 0 N–H and O–H groups in total. The highest BCUT2D eigenvalue weighted by atomic mass is 28.4. The monoisotopic (exact) mass is 332 g/mol. The fraction of sp³-hybridized carbons (Fsp3) is 0.500. The van der Waals surface area contributed by atoms with Crippen molar-refractivity contribution in [1.82, 2.24) is 0 Å². The summed E-state index contributed by atoms with van der Waals surface area (Å²) in [4.78, 5) is 0. The van der Waals surface area contributed by atoms with E-state index in [1.54, 1.807) is 0 Å². The first-order chi connectivity index (χ1) is 10.1. The first kappa shape index (κ1) is 18.6. The van der Waals surface area contributed by atoms with Gasteiger partial charge in [0.15, 0.2) is 28.8 Å². The highest BCUT2D eigenvalue weighted by Gasteiger charge is 2.25. The smallest absolute Gasteiger partial charge is 0.186 e. The molecule has 0 aliphatic carbocycles. The van der Waals surface area contributed by atoms with Gasteiger partial charge in [0.05, 0.1) is 12.1 Å². The summed E-state index contributed by atoms with van der Waals surface area (Å²) in [5.74, 6) is 0. The van der Waals surface area contributed by atoms with E-state index in [4.69, 9.17) is 8.85 Å². The minimum atomic E-state index is -1.83. The number of rotatable bonds is 6. The third kappa shape index (κ3) is 6.12. The lowest BCUT2D eigenvalue weighted by Gasteiger charge is -2.24. The lowest BCUT2D eigenvalue weighted by molar-refractivity contribution is 0.248. The van der Waals surface area contributed by atoms with Crippen molar-refractivity contribution < 1.29 is 8.85 Å². The normalized spacial score (nSPS) is 14.7. The molecule has 0 amide bonds. The van der Waals surface area contributed by atoms with Gasteiger partial charge in [0.2, 0.25) is 0 Å². The van der Waals surface area contributed by atoms with Gasteiger partial charge in [-0.25, -0.2) is 0 Å². The van der Waals surface area contributed by atoms with Crippen LogP contribution in [0.4, 0.5) is 0 Å². The Balaban J connectivity index is 3.07. The maximum absolute atomic E-state index is 9.37. The van der Waals surface area contributed by atoms with E-state index in [9.17, 15) is 10.5 Å². The van der Waals surface area contributed by atoms with E-state index in [2.05, 4.69) is 12.1 Å². The predicted octanol–water partition coefficient (Wildman–Crippen LogP) is 4.52. The molecule has 1 rings (SSSR count). The Kier molecular flexibility index (Phi) is 6.10. The third-order valence-corrected chi connectivity index (χ3v) is 4.58. The zero-order valence-corrected chi connectivity index (χ0v) is 16.2. The van der Waals surface area contributed by atoms with Gasteiger partial charge >= 0.3 is 0 Å². The van der Waals surface area contributed by atoms with Gasteiger partial charge in [0.1, 0.15) is 0 Å². The molecule has 2 unspecified atom stereocenters. The van der Waals surface area contributed by atoms with E-state index in [1.807, 2.05) is 63.5 Å². The Labute approximate surface area is 135 Å². The van der Waals surface area contributed by atoms with Crippen molar-refractivity contribution >= 4 is 16.6 Å². The molecule has 1 aromatic rings. The van der Waals surface area contributed by atoms with Crippen LogP contribution < -0.4 is 0 Å². The van der Waals surface area contributed by atoms with Crippen LogP contribution >= 0.6 is 0 Å². The molecule has 2 atom stereocenters. The van der Waals surface area contributed by atoms with E-state index in [0.29, 0.717) is 0 Å². The van der Waals surface area contributed by atoms with Gasteiger partial charge in [-0.3, -0.25) is 0 Å². The Bertz CT molecular complexity index is 543. The molecule has 4 nitrogen and oxygen atoms in total. The quantitative estimate of drug-likeness (QED) is 0.718. The fourth-order valence-electron chi connectivity index (χ4n) is 1.93. The van der Waals surface area contributed by atoms with Crippen LogP contribution in [0.15, 0.2) is 24.3 Å². The first-order valence-electron chi connectivity index (χ1n) is 7.30. The maximum Gasteiger partial charge on any atom is 0.186 e. The molecule has 6 heteroatoms. The van der Waals surface area contributed by atoms with Crippen molar-refractivity contribution in [2.24, 2.45) is 0 Å². The van der Waals surface area contributed by atoms with Gasteiger partial charge in [-0.05, 0) is 56.5 Å². The van der Waals surface area contributed by atoms with Crippen molar-refractivity contribution in [3.63, 3.8) is 0 Å². The second kappa shape index (κ2) is 7.21. The van der Waals surface area contributed by atoms with Crippen LogP contribution in [0.3, 0.4) is 0 Å². The summed E-state index contributed by atoms with van der Waals surface area (Å²) in [5, 5.41) is 18.7. The van der Waals surface area contributed by atoms with Crippen LogP contribution in [0.1, 0.15) is 23.3 Å². The number of hydrogen-bond donors (Lipinski definition) is 0. The average molecular weight is 333 g/mol. The largest absolute Gasteiger partial charge is 0.399 e. The van der Waals surface area contributed by atoms with E-state index < -0.39 is 28.8 Å². The summed E-state index contributed by atoms with van der Waals surface area (Å²) < 4.78 is 11.8. The molecular weight excluding hydrogens is 308 g/mol. The SMILES string of the molecule is C[Si](C)(C)OC(C#N)c1cccc(C(C#N)O[Si](C)(C)C)c1. The number of benzene rings is 1. The molecule has 0 fully saturated rings. The van der Waals surface area contributed by atoms with Crippen molar-refractivity contribution in [2.45, 2.75) is 51.5 Å². The molecule has 0 aliphatic rings. The van der Waals surface area contributed by atoms with Crippen LogP contribution in [0.2, 0.25) is 39.3 Å². The topological polar surface area (TPSA) is 66.0 Å². The van der Waals surface area contributed by atoms with Crippen LogP contribution in [-0.2, 0) is 8.85 Å². The predicted molar refractivity (Wildman–Crippen MR) is 92.0 cm³/mol. The number of nitrogens with zero attached hydrogens (tertiary/aromatic N) is 2. The van der Waals surface area contributed by atoms with Gasteiger partial charge in [0.25, 0.3) is 0 Å². The molecule has 0 saturated heterocycles. The van der Waals surface area contributed by atoms with Gasteiger partial charge in [-0.1, -0.05) is 18.2 Å². The molecule has 0 aromatic heterocycles. The second-order valence-electron chi connectivity index (χ2n) is 7.15. The van der Waals surface area contributed by atoms with Crippen LogP contribution in [-0.4, -0.2) is 16.6 Å². The third-order valence-electron chi connectivity index (χ3n) is 2.69. The van der Waals surface area contributed by atoms with Crippen molar-refractivity contribution in [3.8, 4) is 12.1 Å². The first-order valence-corrected chi connectivity index (χ1v) is 14.1. The summed E-state index contributed by atoms with van der Waals surface area (Å²) in [6.07, 6.45) is -1.20. The van der Waals surface area contributed by atoms with Crippen molar-refractivity contribution in [3.05, 3.63) is 35.4 Å². The standard InChI is InChI=1S/C16H24N2O2Si2/c1-21(2,3)19-15(11-17)13-8-7-9-14(10-13)16(12-18)20-22(4,5)6/h7-10,15-16H,1-6H3. The Morgan fingerprint density at radius 3 is 1.45 bits per heavy atom. The number of hydrogen-bond acceptors (Lipinski definition) is 4. The Morgan fingerprint density at radius 1 is 0.818 bits per heavy atom. The molecule has 0 spiro atoms. The van der Waals surface area contributed by atoms with Gasteiger partial charge in [-0.15, -0.1) is 0 Å². The summed E-state index contributed by atoms with van der Waals surface area (Å²) in [7, 11) is -3.65. The minimum absolute atomic E-state index is 0.599. The summed E-state index contributed by atoms with van der Waals surface area (Å²) in [6.45, 7) is 12.3. The highest BCUT2D eigenvalue weighted by molar-refractivity contribution is 6.70. The number of nitriles is 2. The molecule has 22 heavy (non-hydrogen) atoms. The molecule has 0 radical (unpaired) electrons. The van der Waals surface area contributed by atoms with E-state index >= 15 is 0 Å². The lowest BCUT2D eigenvalue weighted by atomic mass is 10.0. The molecule has 1 aromatic carbocycles. The minimum Gasteiger partial charge on any atom is -0.399 e. The van der Waals surface area contributed by atoms with Gasteiger partial charge in [0, 0.05) is 0 Å². The van der Waals surface area contributed by atoms with E-state index in [-0.39, 0.29) is 0 Å². The summed E-state index contributed by atoms with van der Waals surface area (Å²) in [6, 6.07) is 11.8. The van der Waals surface area contributed by atoms with E-state index in [0.717, 1.165) is 11.1 Å². The molecular formula is C16H24N2O2Si2. The second-order valence-corrected chi connectivity index (χ2v) is 16.1. The Morgan fingerprint density at radius 2 is 1.18 bits per heavy atom. The summed E-state index contributed by atoms with van der Waals surface area (Å²) >= 11 is 0. The van der Waals surface area contributed by atoms with Crippen LogP contribution in [0, 0.1) is 22.7 Å². The highest BCUT2D eigenvalue weighted by Crippen LogP contribution is 2.27.